The minimum absolute atomic E-state index is 0.165. The molecule has 0 saturated heterocycles. The summed E-state index contributed by atoms with van der Waals surface area (Å²) < 4.78 is 40.3. The van der Waals surface area contributed by atoms with Gasteiger partial charge in [0.05, 0.1) is 5.75 Å². The molecule has 2 aromatic carbocycles. The summed E-state index contributed by atoms with van der Waals surface area (Å²) >= 11 is 0. The smallest absolute Gasteiger partial charge is 0.212 e. The fourth-order valence-electron chi connectivity index (χ4n) is 2.62. The molecule has 0 heterocycles. The molecule has 0 amide bonds. The van der Waals surface area contributed by atoms with E-state index in [1.165, 1.54) is 29.8 Å². The Kier molecular flexibility index (Phi) is 5.22. The van der Waals surface area contributed by atoms with E-state index in [0.29, 0.717) is 5.56 Å². The van der Waals surface area contributed by atoms with Crippen LogP contribution in [0.3, 0.4) is 0 Å². The highest BCUT2D eigenvalue weighted by molar-refractivity contribution is 7.88. The van der Waals surface area contributed by atoms with Crippen LogP contribution in [0.2, 0.25) is 0 Å². The van der Waals surface area contributed by atoms with Crippen molar-refractivity contribution in [1.82, 2.24) is 4.72 Å². The maximum atomic E-state index is 12.9. The van der Waals surface area contributed by atoms with Gasteiger partial charge in [-0.05, 0) is 67.6 Å². The van der Waals surface area contributed by atoms with Gasteiger partial charge in [-0.2, -0.15) is 0 Å². The zero-order valence-electron chi connectivity index (χ0n) is 13.9. The first-order valence-corrected chi connectivity index (χ1v) is 9.15. The Labute approximate surface area is 137 Å². The molecule has 0 aliphatic carbocycles. The molecule has 0 unspecified atom stereocenters. The van der Waals surface area contributed by atoms with Crippen LogP contribution < -0.4 is 4.72 Å². The van der Waals surface area contributed by atoms with E-state index in [-0.39, 0.29) is 17.6 Å². The van der Waals surface area contributed by atoms with Crippen molar-refractivity contribution in [2.45, 2.75) is 39.5 Å². The van der Waals surface area contributed by atoms with Crippen LogP contribution in [-0.2, 0) is 15.8 Å². The number of hydrogen-bond donors (Lipinski definition) is 1. The van der Waals surface area contributed by atoms with Crippen molar-refractivity contribution >= 4 is 10.0 Å². The molecule has 1 N–H and O–H groups in total. The summed E-state index contributed by atoms with van der Waals surface area (Å²) in [5.41, 5.74) is 4.91. The molecule has 0 aliphatic heterocycles. The second-order valence-corrected chi connectivity index (χ2v) is 7.77. The predicted octanol–water partition coefficient (Wildman–Crippen LogP) is 3.93. The van der Waals surface area contributed by atoms with Crippen molar-refractivity contribution in [3.8, 4) is 0 Å². The van der Waals surface area contributed by atoms with Gasteiger partial charge in [0.1, 0.15) is 5.82 Å². The molecule has 0 bridgehead atoms. The first-order valence-electron chi connectivity index (χ1n) is 7.50. The van der Waals surface area contributed by atoms with E-state index in [4.69, 9.17) is 0 Å². The average molecular weight is 335 g/mol. The molecular formula is C18H22FNO2S. The van der Waals surface area contributed by atoms with E-state index in [2.05, 4.69) is 10.8 Å². The summed E-state index contributed by atoms with van der Waals surface area (Å²) in [7, 11) is -3.51. The predicted molar refractivity (Wildman–Crippen MR) is 91.2 cm³/mol. The third-order valence-corrected chi connectivity index (χ3v) is 5.40. The molecule has 0 fully saturated rings. The fourth-order valence-corrected chi connectivity index (χ4v) is 4.00. The maximum Gasteiger partial charge on any atom is 0.216 e. The Morgan fingerprint density at radius 2 is 1.57 bits per heavy atom. The molecule has 1 atom stereocenters. The van der Waals surface area contributed by atoms with Gasteiger partial charge in [0.25, 0.3) is 0 Å². The van der Waals surface area contributed by atoms with Crippen molar-refractivity contribution < 1.29 is 12.8 Å². The Hall–Kier alpha value is -1.72. The van der Waals surface area contributed by atoms with E-state index < -0.39 is 10.0 Å². The molecule has 2 aromatic rings. The highest BCUT2D eigenvalue weighted by Crippen LogP contribution is 2.22. The standard InChI is InChI=1S/C18H22FNO2S/c1-12-9-14(3)18(10-13(12)2)15(4)20-23(21,22)11-16-5-7-17(19)8-6-16/h5-10,15,20H,11H2,1-4H3/t15-/m0/s1. The number of nitrogens with one attached hydrogen (secondary N) is 1. The van der Waals surface area contributed by atoms with Gasteiger partial charge in [-0.1, -0.05) is 24.3 Å². The molecule has 3 nitrogen and oxygen atoms in total. The summed E-state index contributed by atoms with van der Waals surface area (Å²) in [4.78, 5) is 0. The van der Waals surface area contributed by atoms with E-state index in [9.17, 15) is 12.8 Å². The summed E-state index contributed by atoms with van der Waals surface area (Å²) in [5, 5.41) is 0. The van der Waals surface area contributed by atoms with Crippen molar-refractivity contribution in [2.24, 2.45) is 0 Å². The quantitative estimate of drug-likeness (QED) is 0.900. The first-order chi connectivity index (χ1) is 10.7. The van der Waals surface area contributed by atoms with Gasteiger partial charge in [-0.25, -0.2) is 17.5 Å². The molecule has 0 spiro atoms. The van der Waals surface area contributed by atoms with Crippen LogP contribution >= 0.6 is 0 Å². The molecule has 124 valence electrons. The lowest BCUT2D eigenvalue weighted by molar-refractivity contribution is 0.565. The summed E-state index contributed by atoms with van der Waals surface area (Å²) in [6.07, 6.45) is 0. The van der Waals surface area contributed by atoms with Gasteiger partial charge in [0.15, 0.2) is 0 Å². The second-order valence-electron chi connectivity index (χ2n) is 6.02. The van der Waals surface area contributed by atoms with Crippen LogP contribution in [0.4, 0.5) is 4.39 Å². The Bertz CT molecular complexity index is 799. The van der Waals surface area contributed by atoms with Crippen molar-refractivity contribution in [3.05, 3.63) is 70.0 Å². The SMILES string of the molecule is Cc1cc(C)c([C@H](C)NS(=O)(=O)Cc2ccc(F)cc2)cc1C. The van der Waals surface area contributed by atoms with Crippen molar-refractivity contribution in [1.29, 1.82) is 0 Å². The first kappa shape index (κ1) is 17.6. The number of hydrogen-bond acceptors (Lipinski definition) is 2. The van der Waals surface area contributed by atoms with E-state index in [1.54, 1.807) is 0 Å². The largest absolute Gasteiger partial charge is 0.216 e. The van der Waals surface area contributed by atoms with Gasteiger partial charge in [0, 0.05) is 6.04 Å². The van der Waals surface area contributed by atoms with Crippen LogP contribution in [0.25, 0.3) is 0 Å². The zero-order chi connectivity index (χ0) is 17.2. The Morgan fingerprint density at radius 1 is 1.00 bits per heavy atom. The second kappa shape index (κ2) is 6.81. The number of rotatable bonds is 5. The van der Waals surface area contributed by atoms with Gasteiger partial charge in [-0.3, -0.25) is 0 Å². The lowest BCUT2D eigenvalue weighted by Gasteiger charge is -2.18. The normalized spacial score (nSPS) is 13.1. The maximum absolute atomic E-state index is 12.9. The number of aryl methyl sites for hydroxylation is 3. The highest BCUT2D eigenvalue weighted by atomic mass is 32.2. The third kappa shape index (κ3) is 4.62. The van der Waals surface area contributed by atoms with E-state index in [1.807, 2.05) is 33.8 Å². The Balaban J connectivity index is 2.16. The van der Waals surface area contributed by atoms with Crippen LogP contribution in [0, 0.1) is 26.6 Å². The molecule has 5 heteroatoms. The molecule has 0 saturated carbocycles. The van der Waals surface area contributed by atoms with Gasteiger partial charge in [0.2, 0.25) is 10.0 Å². The molecule has 2 rings (SSSR count). The van der Waals surface area contributed by atoms with Crippen molar-refractivity contribution in [3.63, 3.8) is 0 Å². The Morgan fingerprint density at radius 3 is 2.17 bits per heavy atom. The average Bonchev–Trinajstić information content (AvgIpc) is 2.44. The highest BCUT2D eigenvalue weighted by Gasteiger charge is 2.18. The molecule has 0 radical (unpaired) electrons. The number of benzene rings is 2. The van der Waals surface area contributed by atoms with Crippen LogP contribution in [0.5, 0.6) is 0 Å². The monoisotopic (exact) mass is 335 g/mol. The molecule has 0 aliphatic rings. The van der Waals surface area contributed by atoms with Gasteiger partial charge >= 0.3 is 0 Å². The zero-order valence-corrected chi connectivity index (χ0v) is 14.7. The summed E-state index contributed by atoms with van der Waals surface area (Å²) in [5.74, 6) is -0.542. The number of sulfonamides is 1. The van der Waals surface area contributed by atoms with E-state index >= 15 is 0 Å². The number of halogens is 1. The fraction of sp³-hybridized carbons (Fsp3) is 0.333. The van der Waals surface area contributed by atoms with Gasteiger partial charge < -0.3 is 0 Å². The third-order valence-electron chi connectivity index (χ3n) is 3.98. The molecular weight excluding hydrogens is 313 g/mol. The summed E-state index contributed by atoms with van der Waals surface area (Å²) in [6, 6.07) is 9.27. The van der Waals surface area contributed by atoms with Crippen LogP contribution in [0.15, 0.2) is 36.4 Å². The van der Waals surface area contributed by atoms with Crippen molar-refractivity contribution in [2.75, 3.05) is 0 Å². The topological polar surface area (TPSA) is 46.2 Å². The molecule has 23 heavy (non-hydrogen) atoms. The lowest BCUT2D eigenvalue weighted by atomic mass is 9.97. The van der Waals surface area contributed by atoms with E-state index in [0.717, 1.165) is 16.7 Å². The van der Waals surface area contributed by atoms with Crippen LogP contribution in [0.1, 0.15) is 40.8 Å². The summed E-state index contributed by atoms with van der Waals surface area (Å²) in [6.45, 7) is 7.86. The minimum atomic E-state index is -3.51. The lowest BCUT2D eigenvalue weighted by Crippen LogP contribution is -2.28. The molecule has 0 aromatic heterocycles. The van der Waals surface area contributed by atoms with Crippen LogP contribution in [-0.4, -0.2) is 8.42 Å². The minimum Gasteiger partial charge on any atom is -0.212 e. The van der Waals surface area contributed by atoms with Gasteiger partial charge in [-0.15, -0.1) is 0 Å².